The Morgan fingerprint density at radius 1 is 1.14 bits per heavy atom. The fraction of sp³-hybridized carbons (Fsp3) is 0.222. The number of morpholine rings is 1. The van der Waals surface area contributed by atoms with Gasteiger partial charge in [-0.25, -0.2) is 9.97 Å². The smallest absolute Gasteiger partial charge is 0.300 e. The molecule has 0 aliphatic carbocycles. The monoisotopic (exact) mass is 533 g/mol. The number of aromatic nitrogens is 2. The topological polar surface area (TPSA) is 88.6 Å². The molecular weight excluding hydrogens is 510 g/mol. The molecule has 37 heavy (non-hydrogen) atoms. The molecule has 1 aliphatic rings. The zero-order valence-corrected chi connectivity index (χ0v) is 21.4. The average molecular weight is 534 g/mol. The average Bonchev–Trinajstić information content (AvgIpc) is 3.43. The zero-order valence-electron chi connectivity index (χ0n) is 19.9. The SMILES string of the molecule is O=C(C#CCN1CCOCC1)Nc1ccc2ncnc(Nc3ccc(OCc4ccsc4)c(Cl)c3)c2c1. The Bertz CT molecular complexity index is 1450. The van der Waals surface area contributed by atoms with Crippen molar-refractivity contribution >= 4 is 56.9 Å². The maximum Gasteiger partial charge on any atom is 0.300 e. The van der Waals surface area contributed by atoms with E-state index in [9.17, 15) is 4.79 Å². The first-order chi connectivity index (χ1) is 18.1. The van der Waals surface area contributed by atoms with Crippen molar-refractivity contribution in [2.24, 2.45) is 0 Å². The fourth-order valence-electron chi connectivity index (χ4n) is 3.76. The molecule has 0 spiro atoms. The number of halogens is 1. The highest BCUT2D eigenvalue weighted by Gasteiger charge is 2.10. The van der Waals surface area contributed by atoms with Crippen LogP contribution in [0.5, 0.6) is 5.75 Å². The summed E-state index contributed by atoms with van der Waals surface area (Å²) in [4.78, 5) is 23.2. The van der Waals surface area contributed by atoms with Crippen LogP contribution in [0, 0.1) is 11.8 Å². The number of nitrogens with zero attached hydrogens (tertiary/aromatic N) is 3. The van der Waals surface area contributed by atoms with Crippen LogP contribution >= 0.6 is 22.9 Å². The third-order valence-corrected chi connectivity index (χ3v) is 6.70. The van der Waals surface area contributed by atoms with Crippen molar-refractivity contribution in [3.63, 3.8) is 0 Å². The number of fused-ring (bicyclic) bond motifs is 1. The molecule has 1 aliphatic heterocycles. The second kappa shape index (κ2) is 12.0. The molecule has 2 aromatic carbocycles. The van der Waals surface area contributed by atoms with Gasteiger partial charge in [-0.2, -0.15) is 11.3 Å². The molecule has 0 bridgehead atoms. The highest BCUT2D eigenvalue weighted by molar-refractivity contribution is 7.07. The van der Waals surface area contributed by atoms with Crippen molar-refractivity contribution in [2.75, 3.05) is 43.5 Å². The molecule has 0 radical (unpaired) electrons. The van der Waals surface area contributed by atoms with Gasteiger partial charge in [0.25, 0.3) is 5.91 Å². The van der Waals surface area contributed by atoms with E-state index in [1.165, 1.54) is 6.33 Å². The van der Waals surface area contributed by atoms with Crippen molar-refractivity contribution in [1.82, 2.24) is 14.9 Å². The van der Waals surface area contributed by atoms with Crippen molar-refractivity contribution in [1.29, 1.82) is 0 Å². The zero-order chi connectivity index (χ0) is 25.5. The van der Waals surface area contributed by atoms with Crippen LogP contribution in [0.15, 0.2) is 59.6 Å². The highest BCUT2D eigenvalue weighted by atomic mass is 35.5. The van der Waals surface area contributed by atoms with Crippen LogP contribution in [0.1, 0.15) is 5.56 Å². The Morgan fingerprint density at radius 3 is 2.81 bits per heavy atom. The summed E-state index contributed by atoms with van der Waals surface area (Å²) in [5, 5.41) is 11.4. The number of ether oxygens (including phenoxy) is 2. The fourth-order valence-corrected chi connectivity index (χ4v) is 4.64. The lowest BCUT2D eigenvalue weighted by atomic mass is 10.2. The summed E-state index contributed by atoms with van der Waals surface area (Å²) >= 11 is 8.09. The number of carbonyl (C=O) groups is 1. The van der Waals surface area contributed by atoms with Gasteiger partial charge in [0, 0.05) is 29.9 Å². The molecule has 0 atom stereocenters. The van der Waals surface area contributed by atoms with Gasteiger partial charge in [-0.1, -0.05) is 17.5 Å². The molecule has 2 N–H and O–H groups in total. The van der Waals surface area contributed by atoms with Crippen LogP contribution in [-0.2, 0) is 16.1 Å². The normalized spacial score (nSPS) is 13.5. The highest BCUT2D eigenvalue weighted by Crippen LogP contribution is 2.31. The van der Waals surface area contributed by atoms with Crippen molar-refractivity contribution in [2.45, 2.75) is 6.61 Å². The van der Waals surface area contributed by atoms with Crippen LogP contribution in [-0.4, -0.2) is 53.6 Å². The van der Waals surface area contributed by atoms with Gasteiger partial charge >= 0.3 is 0 Å². The Hall–Kier alpha value is -3.68. The first-order valence-corrected chi connectivity index (χ1v) is 13.0. The van der Waals surface area contributed by atoms with Crippen molar-refractivity contribution in [3.8, 4) is 17.6 Å². The molecule has 188 valence electrons. The van der Waals surface area contributed by atoms with Gasteiger partial charge in [-0.05, 0) is 64.7 Å². The van der Waals surface area contributed by atoms with E-state index >= 15 is 0 Å². The molecule has 5 rings (SSSR count). The molecule has 10 heteroatoms. The van der Waals surface area contributed by atoms with E-state index in [0.717, 1.165) is 35.2 Å². The first kappa shape index (κ1) is 25.0. The second-order valence-corrected chi connectivity index (χ2v) is 9.48. The maximum atomic E-state index is 12.4. The number of hydrogen-bond donors (Lipinski definition) is 2. The van der Waals surface area contributed by atoms with Gasteiger partial charge < -0.3 is 20.1 Å². The summed E-state index contributed by atoms with van der Waals surface area (Å²) in [6.07, 6.45) is 1.49. The van der Waals surface area contributed by atoms with E-state index in [-0.39, 0.29) is 5.91 Å². The number of anilines is 3. The summed E-state index contributed by atoms with van der Waals surface area (Å²) in [7, 11) is 0. The molecule has 4 aromatic rings. The van der Waals surface area contributed by atoms with Gasteiger partial charge in [0.15, 0.2) is 0 Å². The second-order valence-electron chi connectivity index (χ2n) is 8.29. The quantitative estimate of drug-likeness (QED) is 0.325. The third kappa shape index (κ3) is 6.76. The van der Waals surface area contributed by atoms with Gasteiger partial charge in [0.05, 0.1) is 30.3 Å². The van der Waals surface area contributed by atoms with Crippen LogP contribution in [0.2, 0.25) is 5.02 Å². The molecule has 1 fully saturated rings. The number of rotatable bonds is 7. The molecule has 1 amide bonds. The van der Waals surface area contributed by atoms with Crippen LogP contribution in [0.3, 0.4) is 0 Å². The summed E-state index contributed by atoms with van der Waals surface area (Å²) in [6.45, 7) is 4.04. The minimum absolute atomic E-state index is 0.371. The maximum absolute atomic E-state index is 12.4. The predicted octanol–water partition coefficient (Wildman–Crippen LogP) is 4.94. The lowest BCUT2D eigenvalue weighted by molar-refractivity contribution is -0.111. The number of carbonyl (C=O) groups excluding carboxylic acids is 1. The number of benzene rings is 2. The van der Waals surface area contributed by atoms with Crippen LogP contribution in [0.25, 0.3) is 10.9 Å². The van der Waals surface area contributed by atoms with Gasteiger partial charge in [0.2, 0.25) is 0 Å². The Morgan fingerprint density at radius 2 is 2.00 bits per heavy atom. The summed E-state index contributed by atoms with van der Waals surface area (Å²) < 4.78 is 11.2. The largest absolute Gasteiger partial charge is 0.487 e. The molecule has 1 saturated heterocycles. The minimum atomic E-state index is -0.371. The Kier molecular flexibility index (Phi) is 8.13. The first-order valence-electron chi connectivity index (χ1n) is 11.7. The molecule has 8 nitrogen and oxygen atoms in total. The third-order valence-electron chi connectivity index (χ3n) is 5.67. The van der Waals surface area contributed by atoms with Gasteiger partial charge in [-0.15, -0.1) is 0 Å². The van der Waals surface area contributed by atoms with E-state index in [1.54, 1.807) is 23.5 Å². The van der Waals surface area contributed by atoms with Crippen molar-refractivity contribution < 1.29 is 14.3 Å². The predicted molar refractivity (Wildman–Crippen MR) is 147 cm³/mol. The summed E-state index contributed by atoms with van der Waals surface area (Å²) in [6, 6.07) is 12.9. The van der Waals surface area contributed by atoms with Crippen LogP contribution < -0.4 is 15.4 Å². The summed E-state index contributed by atoms with van der Waals surface area (Å²) in [5.41, 5.74) is 3.18. The number of amides is 1. The molecule has 3 heterocycles. The Balaban J connectivity index is 1.26. The molecule has 2 aromatic heterocycles. The van der Waals surface area contributed by atoms with Gasteiger partial charge in [0.1, 0.15) is 24.5 Å². The van der Waals surface area contributed by atoms with E-state index in [1.807, 2.05) is 41.1 Å². The standard InChI is InChI=1S/C27H24ClN5O3S/c28-23-15-21(4-6-25(23)36-16-19-7-13-37-17-19)32-27-22-14-20(3-5-24(22)29-18-30-27)31-26(34)2-1-8-33-9-11-35-12-10-33/h3-7,13-15,17-18H,8-12,16H2,(H,31,34)(H,29,30,32). The summed E-state index contributed by atoms with van der Waals surface area (Å²) in [5.74, 6) is 6.40. The minimum Gasteiger partial charge on any atom is -0.487 e. The van der Waals surface area contributed by atoms with E-state index in [4.69, 9.17) is 21.1 Å². The molecular formula is C27H24ClN5O3S. The lowest BCUT2D eigenvalue weighted by Crippen LogP contribution is -2.36. The van der Waals surface area contributed by atoms with Gasteiger partial charge in [-0.3, -0.25) is 9.69 Å². The van der Waals surface area contributed by atoms with E-state index in [2.05, 4.69) is 37.3 Å². The van der Waals surface area contributed by atoms with E-state index < -0.39 is 0 Å². The number of thiophene rings is 1. The van der Waals surface area contributed by atoms with Crippen LogP contribution in [0.4, 0.5) is 17.2 Å². The molecule has 0 unspecified atom stereocenters. The Labute approximate surface area is 223 Å². The van der Waals surface area contributed by atoms with Crippen molar-refractivity contribution in [3.05, 3.63) is 70.1 Å². The van der Waals surface area contributed by atoms with E-state index in [0.29, 0.717) is 48.6 Å². The molecule has 0 saturated carbocycles. The lowest BCUT2D eigenvalue weighted by Gasteiger charge is -2.24. The number of hydrogen-bond acceptors (Lipinski definition) is 8. The number of nitrogens with one attached hydrogen (secondary N) is 2.